The van der Waals surface area contributed by atoms with Crippen LogP contribution < -0.4 is 11.1 Å². The van der Waals surface area contributed by atoms with Crippen LogP contribution in [0.4, 0.5) is 11.5 Å². The number of aromatic nitrogens is 1. The molecule has 1 amide bonds. The SMILES string of the molecule is CSCCCCC(=O)Nc1ccc(N)nc1.Cl. The third-order valence-electron chi connectivity index (χ3n) is 2.07. The summed E-state index contributed by atoms with van der Waals surface area (Å²) in [6, 6.07) is 3.42. The zero-order valence-corrected chi connectivity index (χ0v) is 11.4. The second-order valence-electron chi connectivity index (χ2n) is 3.47. The third kappa shape index (κ3) is 7.07. The molecule has 0 atom stereocenters. The van der Waals surface area contributed by atoms with E-state index in [0.717, 1.165) is 18.6 Å². The fourth-order valence-electron chi connectivity index (χ4n) is 1.23. The fourth-order valence-corrected chi connectivity index (χ4v) is 1.73. The first-order valence-corrected chi connectivity index (χ1v) is 6.62. The maximum absolute atomic E-state index is 11.5. The number of amides is 1. The summed E-state index contributed by atoms with van der Waals surface area (Å²) in [6.07, 6.45) is 6.20. The predicted molar refractivity (Wildman–Crippen MR) is 76.8 cm³/mol. The highest BCUT2D eigenvalue weighted by Gasteiger charge is 2.01. The van der Waals surface area contributed by atoms with Gasteiger partial charge in [-0.05, 0) is 37.0 Å². The van der Waals surface area contributed by atoms with E-state index in [1.807, 2.05) is 0 Å². The molecule has 0 aliphatic carbocycles. The quantitative estimate of drug-likeness (QED) is 0.783. The van der Waals surface area contributed by atoms with Gasteiger partial charge >= 0.3 is 0 Å². The average Bonchev–Trinajstić information content (AvgIpc) is 2.28. The van der Waals surface area contributed by atoms with E-state index in [4.69, 9.17) is 5.73 Å². The molecule has 0 bridgehead atoms. The largest absolute Gasteiger partial charge is 0.384 e. The fraction of sp³-hybridized carbons (Fsp3) is 0.455. The summed E-state index contributed by atoms with van der Waals surface area (Å²) in [5.41, 5.74) is 6.14. The van der Waals surface area contributed by atoms with E-state index in [1.165, 1.54) is 0 Å². The van der Waals surface area contributed by atoms with Crippen LogP contribution in [0.1, 0.15) is 19.3 Å². The number of rotatable bonds is 6. The van der Waals surface area contributed by atoms with Crippen molar-refractivity contribution in [1.82, 2.24) is 4.98 Å². The summed E-state index contributed by atoms with van der Waals surface area (Å²) in [6.45, 7) is 0. The van der Waals surface area contributed by atoms with Crippen LogP contribution in [0.15, 0.2) is 18.3 Å². The number of pyridine rings is 1. The number of nitrogens with one attached hydrogen (secondary N) is 1. The molecule has 6 heteroatoms. The Hall–Kier alpha value is -0.940. The van der Waals surface area contributed by atoms with Crippen molar-refractivity contribution in [1.29, 1.82) is 0 Å². The number of nitrogens with zero attached hydrogens (tertiary/aromatic N) is 1. The maximum Gasteiger partial charge on any atom is 0.224 e. The topological polar surface area (TPSA) is 68.0 Å². The van der Waals surface area contributed by atoms with E-state index >= 15 is 0 Å². The number of hydrogen-bond acceptors (Lipinski definition) is 4. The molecule has 3 N–H and O–H groups in total. The first kappa shape index (κ1) is 16.1. The standard InChI is InChI=1S/C11H17N3OS.ClH/c1-16-7-3-2-4-11(15)14-9-5-6-10(12)13-8-9;/h5-6,8H,2-4,7H2,1H3,(H2,12,13)(H,14,15);1H. The van der Waals surface area contributed by atoms with Gasteiger partial charge in [0.25, 0.3) is 0 Å². The lowest BCUT2D eigenvalue weighted by Crippen LogP contribution is -2.11. The Kier molecular flexibility index (Phi) is 8.62. The van der Waals surface area contributed by atoms with Gasteiger partial charge < -0.3 is 11.1 Å². The Morgan fingerprint density at radius 3 is 2.82 bits per heavy atom. The highest BCUT2D eigenvalue weighted by atomic mass is 35.5. The van der Waals surface area contributed by atoms with Crippen molar-refractivity contribution >= 4 is 41.6 Å². The van der Waals surface area contributed by atoms with Gasteiger partial charge in [-0.25, -0.2) is 4.98 Å². The van der Waals surface area contributed by atoms with Crippen LogP contribution in [0.25, 0.3) is 0 Å². The van der Waals surface area contributed by atoms with Gasteiger partial charge in [0.1, 0.15) is 5.82 Å². The number of anilines is 2. The second-order valence-corrected chi connectivity index (χ2v) is 4.46. The van der Waals surface area contributed by atoms with Crippen LogP contribution in [0.3, 0.4) is 0 Å². The summed E-state index contributed by atoms with van der Waals surface area (Å²) in [7, 11) is 0. The van der Waals surface area contributed by atoms with E-state index in [2.05, 4.69) is 16.6 Å². The van der Waals surface area contributed by atoms with Crippen LogP contribution in [0, 0.1) is 0 Å². The summed E-state index contributed by atoms with van der Waals surface area (Å²) >= 11 is 1.80. The summed E-state index contributed by atoms with van der Waals surface area (Å²) in [5.74, 6) is 1.60. The van der Waals surface area contributed by atoms with Crippen LogP contribution in [-0.2, 0) is 4.79 Å². The Labute approximate surface area is 112 Å². The first-order chi connectivity index (χ1) is 7.72. The van der Waals surface area contributed by atoms with Crippen molar-refractivity contribution in [3.05, 3.63) is 18.3 Å². The number of carbonyl (C=O) groups excluding carboxylic acids is 1. The van der Waals surface area contributed by atoms with E-state index in [-0.39, 0.29) is 18.3 Å². The van der Waals surface area contributed by atoms with Crippen molar-refractivity contribution in [3.8, 4) is 0 Å². The predicted octanol–water partition coefficient (Wildman–Crippen LogP) is 2.56. The molecule has 4 nitrogen and oxygen atoms in total. The van der Waals surface area contributed by atoms with Crippen molar-refractivity contribution in [2.24, 2.45) is 0 Å². The molecule has 1 heterocycles. The number of carbonyl (C=O) groups is 1. The molecule has 0 unspecified atom stereocenters. The van der Waals surface area contributed by atoms with Gasteiger partial charge in [-0.3, -0.25) is 4.79 Å². The highest BCUT2D eigenvalue weighted by molar-refractivity contribution is 7.98. The number of thioether (sulfide) groups is 1. The van der Waals surface area contributed by atoms with Gasteiger partial charge in [-0.1, -0.05) is 0 Å². The molecule has 0 aliphatic heterocycles. The van der Waals surface area contributed by atoms with E-state index in [9.17, 15) is 4.79 Å². The molecule has 1 rings (SSSR count). The first-order valence-electron chi connectivity index (χ1n) is 5.22. The summed E-state index contributed by atoms with van der Waals surface area (Å²) < 4.78 is 0. The van der Waals surface area contributed by atoms with Gasteiger partial charge in [-0.15, -0.1) is 12.4 Å². The molecule has 17 heavy (non-hydrogen) atoms. The number of hydrogen-bond donors (Lipinski definition) is 2. The second kappa shape index (κ2) is 9.13. The number of nitrogen functional groups attached to an aromatic ring is 1. The minimum Gasteiger partial charge on any atom is -0.384 e. The molecule has 0 saturated carbocycles. The van der Waals surface area contributed by atoms with E-state index in [1.54, 1.807) is 30.1 Å². The molecular weight excluding hydrogens is 258 g/mol. The molecule has 96 valence electrons. The van der Waals surface area contributed by atoms with Crippen LogP contribution in [-0.4, -0.2) is 22.9 Å². The molecule has 0 saturated heterocycles. The Bertz CT molecular complexity index is 332. The van der Waals surface area contributed by atoms with Gasteiger partial charge in [0, 0.05) is 6.42 Å². The monoisotopic (exact) mass is 275 g/mol. The molecule has 1 aromatic rings. The number of halogens is 1. The van der Waals surface area contributed by atoms with Gasteiger partial charge in [0.2, 0.25) is 5.91 Å². The van der Waals surface area contributed by atoms with E-state index < -0.39 is 0 Å². The Morgan fingerprint density at radius 2 is 2.24 bits per heavy atom. The number of nitrogens with two attached hydrogens (primary N) is 1. The highest BCUT2D eigenvalue weighted by Crippen LogP contribution is 2.08. The molecular formula is C11H18ClN3OS. The van der Waals surface area contributed by atoms with Gasteiger partial charge in [0.05, 0.1) is 11.9 Å². The van der Waals surface area contributed by atoms with Gasteiger partial charge in [0.15, 0.2) is 0 Å². The van der Waals surface area contributed by atoms with Gasteiger partial charge in [-0.2, -0.15) is 11.8 Å². The summed E-state index contributed by atoms with van der Waals surface area (Å²) in [5, 5.41) is 2.78. The van der Waals surface area contributed by atoms with Crippen molar-refractivity contribution < 1.29 is 4.79 Å². The van der Waals surface area contributed by atoms with Crippen LogP contribution >= 0.6 is 24.2 Å². The average molecular weight is 276 g/mol. The smallest absolute Gasteiger partial charge is 0.224 e. The Morgan fingerprint density at radius 1 is 1.47 bits per heavy atom. The van der Waals surface area contributed by atoms with Crippen molar-refractivity contribution in [3.63, 3.8) is 0 Å². The van der Waals surface area contributed by atoms with Crippen molar-refractivity contribution in [2.45, 2.75) is 19.3 Å². The molecule has 0 aromatic carbocycles. The normalized spacial score (nSPS) is 9.47. The third-order valence-corrected chi connectivity index (χ3v) is 2.77. The zero-order chi connectivity index (χ0) is 11.8. The van der Waals surface area contributed by atoms with Crippen LogP contribution in [0.5, 0.6) is 0 Å². The zero-order valence-electron chi connectivity index (χ0n) is 9.81. The minimum absolute atomic E-state index is 0. The molecule has 0 spiro atoms. The van der Waals surface area contributed by atoms with Crippen LogP contribution in [0.2, 0.25) is 0 Å². The maximum atomic E-state index is 11.5. The number of unbranched alkanes of at least 4 members (excludes halogenated alkanes) is 1. The lowest BCUT2D eigenvalue weighted by molar-refractivity contribution is -0.116. The lowest BCUT2D eigenvalue weighted by atomic mass is 10.2. The molecule has 0 radical (unpaired) electrons. The van der Waals surface area contributed by atoms with E-state index in [0.29, 0.717) is 17.9 Å². The summed E-state index contributed by atoms with van der Waals surface area (Å²) in [4.78, 5) is 15.4. The molecule has 0 aliphatic rings. The minimum atomic E-state index is 0. The Balaban J connectivity index is 0.00000256. The molecule has 0 fully saturated rings. The van der Waals surface area contributed by atoms with Crippen molar-refractivity contribution in [2.75, 3.05) is 23.1 Å². The lowest BCUT2D eigenvalue weighted by Gasteiger charge is -2.04. The molecule has 1 aromatic heterocycles.